The van der Waals surface area contributed by atoms with Crippen LogP contribution in [0.2, 0.25) is 0 Å². The van der Waals surface area contributed by atoms with Gasteiger partial charge in [-0.2, -0.15) is 22.5 Å². The molecule has 3 heterocycles. The molecule has 0 saturated heterocycles. The summed E-state index contributed by atoms with van der Waals surface area (Å²) in [5.41, 5.74) is 0.0216. The Morgan fingerprint density at radius 1 is 1.06 bits per heavy atom. The molecular weight excluding hydrogens is 504 g/mol. The van der Waals surface area contributed by atoms with E-state index < -0.39 is 33.0 Å². The van der Waals surface area contributed by atoms with E-state index in [0.29, 0.717) is 16.7 Å². The van der Waals surface area contributed by atoms with Crippen molar-refractivity contribution in [1.29, 1.82) is 0 Å². The maximum atomic E-state index is 14.3. The fraction of sp³-hybridized carbons (Fsp3) is 0.130. The third-order valence-corrected chi connectivity index (χ3v) is 6.49. The number of allylic oxidation sites excluding steroid dienone is 4. The zero-order valence-corrected chi connectivity index (χ0v) is 19.1. The molecule has 2 aliphatic rings. The summed E-state index contributed by atoms with van der Waals surface area (Å²) in [5, 5.41) is 3.32. The number of hydrogen-bond donors (Lipinski definition) is 1. The van der Waals surface area contributed by atoms with Crippen LogP contribution in [0.4, 0.5) is 23.5 Å². The van der Waals surface area contributed by atoms with E-state index in [1.165, 1.54) is 18.3 Å². The molecule has 1 aromatic carbocycles. The lowest BCUT2D eigenvalue weighted by atomic mass is 9.95. The Morgan fingerprint density at radius 3 is 2.53 bits per heavy atom. The molecule has 0 unspecified atom stereocenters. The first kappa shape index (κ1) is 23.6. The third-order valence-electron chi connectivity index (χ3n) is 5.37. The van der Waals surface area contributed by atoms with Crippen molar-refractivity contribution in [2.45, 2.75) is 16.7 Å². The molecule has 1 aliphatic heterocycles. The Bertz CT molecular complexity index is 1590. The molecule has 0 spiro atoms. The van der Waals surface area contributed by atoms with Crippen LogP contribution in [0.3, 0.4) is 0 Å². The summed E-state index contributed by atoms with van der Waals surface area (Å²) in [4.78, 5) is 8.70. The van der Waals surface area contributed by atoms with E-state index in [1.807, 2.05) is 0 Å². The van der Waals surface area contributed by atoms with E-state index in [4.69, 9.17) is 9.47 Å². The van der Waals surface area contributed by atoms with Gasteiger partial charge < -0.3 is 14.0 Å². The van der Waals surface area contributed by atoms with Crippen LogP contribution >= 0.6 is 0 Å². The molecule has 3 aromatic rings. The first-order valence-electron chi connectivity index (χ1n) is 10.3. The SMILES string of the molecule is CS(=O)(=O)c1ccc(-n2ccc3cnc(NC4=COC=C(C5=CC=CC(F)(F)C5(F)F)O4)nc32)cc1. The molecule has 0 fully saturated rings. The maximum absolute atomic E-state index is 14.3. The van der Waals surface area contributed by atoms with Crippen molar-refractivity contribution in [3.05, 3.63) is 90.7 Å². The average molecular weight is 520 g/mol. The van der Waals surface area contributed by atoms with Crippen LogP contribution < -0.4 is 5.32 Å². The normalized spacial score (nSPS) is 18.5. The van der Waals surface area contributed by atoms with Crippen LogP contribution in [0, 0.1) is 0 Å². The molecule has 0 amide bonds. The molecule has 13 heteroatoms. The van der Waals surface area contributed by atoms with Crippen molar-refractivity contribution >= 4 is 26.8 Å². The highest BCUT2D eigenvalue weighted by Gasteiger charge is 2.59. The van der Waals surface area contributed by atoms with Crippen molar-refractivity contribution in [3.8, 4) is 5.69 Å². The lowest BCUT2D eigenvalue weighted by Gasteiger charge is -2.30. The highest BCUT2D eigenvalue weighted by atomic mass is 32.2. The van der Waals surface area contributed by atoms with Crippen LogP contribution in [0.5, 0.6) is 0 Å². The topological polar surface area (TPSA) is 95.3 Å². The molecule has 0 atom stereocenters. The van der Waals surface area contributed by atoms with Crippen molar-refractivity contribution < 1.29 is 35.5 Å². The highest BCUT2D eigenvalue weighted by Crippen LogP contribution is 2.46. The third kappa shape index (κ3) is 4.11. The number of fused-ring (bicyclic) bond motifs is 1. The zero-order chi connectivity index (χ0) is 25.7. The molecule has 0 bridgehead atoms. The summed E-state index contributed by atoms with van der Waals surface area (Å²) in [5.74, 6) is -9.72. The van der Waals surface area contributed by atoms with Crippen LogP contribution in [0.15, 0.2) is 95.6 Å². The minimum absolute atomic E-state index is 0.000848. The van der Waals surface area contributed by atoms with Gasteiger partial charge in [0, 0.05) is 29.7 Å². The lowest BCUT2D eigenvalue weighted by Crippen LogP contribution is -2.42. The van der Waals surface area contributed by atoms with Crippen molar-refractivity contribution in [1.82, 2.24) is 14.5 Å². The fourth-order valence-electron chi connectivity index (χ4n) is 3.54. The van der Waals surface area contributed by atoms with Gasteiger partial charge in [0.1, 0.15) is 11.9 Å². The Balaban J connectivity index is 1.39. The van der Waals surface area contributed by atoms with E-state index >= 15 is 0 Å². The number of anilines is 1. The number of nitrogens with one attached hydrogen (secondary N) is 1. The molecule has 2 aromatic heterocycles. The molecule has 36 heavy (non-hydrogen) atoms. The second-order valence-corrected chi connectivity index (χ2v) is 9.90. The number of ether oxygens (including phenoxy) is 2. The van der Waals surface area contributed by atoms with Gasteiger partial charge in [0.25, 0.3) is 0 Å². The second-order valence-electron chi connectivity index (χ2n) is 7.89. The van der Waals surface area contributed by atoms with Gasteiger partial charge in [-0.1, -0.05) is 6.08 Å². The summed E-state index contributed by atoms with van der Waals surface area (Å²) in [6.45, 7) is 0. The molecule has 0 radical (unpaired) electrons. The van der Waals surface area contributed by atoms with Gasteiger partial charge in [-0.3, -0.25) is 5.32 Å². The van der Waals surface area contributed by atoms with Crippen molar-refractivity contribution in [2.75, 3.05) is 11.6 Å². The number of hydrogen-bond acceptors (Lipinski definition) is 7. The number of nitrogens with zero attached hydrogens (tertiary/aromatic N) is 3. The van der Waals surface area contributed by atoms with Gasteiger partial charge in [-0.05, 0) is 42.5 Å². The molecule has 1 N–H and O–H groups in total. The lowest BCUT2D eigenvalue weighted by molar-refractivity contribution is -0.156. The zero-order valence-electron chi connectivity index (χ0n) is 18.3. The minimum Gasteiger partial charge on any atom is -0.463 e. The quantitative estimate of drug-likeness (QED) is 0.488. The standard InChI is InChI=1S/C23H16F4N4O4S/c1-36(32,33)16-6-4-15(5-7-16)31-10-8-14-11-28-21(30-20(14)31)29-19-13-34-12-18(35-19)17-3-2-9-22(24,25)23(17,26)27/h2-13H,1H3,(H,28,29,30). The summed E-state index contributed by atoms with van der Waals surface area (Å²) < 4.78 is 91.5. The highest BCUT2D eigenvalue weighted by molar-refractivity contribution is 7.90. The number of halogens is 4. The molecule has 5 rings (SSSR count). The van der Waals surface area contributed by atoms with E-state index in [-0.39, 0.29) is 22.8 Å². The van der Waals surface area contributed by atoms with Crippen LogP contribution in [-0.4, -0.2) is 41.1 Å². The van der Waals surface area contributed by atoms with E-state index in [0.717, 1.165) is 30.9 Å². The fourth-order valence-corrected chi connectivity index (χ4v) is 4.17. The summed E-state index contributed by atoms with van der Waals surface area (Å²) in [6.07, 6.45) is 7.89. The Labute approximate surface area is 201 Å². The number of sulfone groups is 1. The molecule has 1 aliphatic carbocycles. The van der Waals surface area contributed by atoms with E-state index in [9.17, 15) is 26.0 Å². The summed E-state index contributed by atoms with van der Waals surface area (Å²) in [7, 11) is -3.36. The van der Waals surface area contributed by atoms with Crippen LogP contribution in [0.1, 0.15) is 0 Å². The summed E-state index contributed by atoms with van der Waals surface area (Å²) >= 11 is 0. The van der Waals surface area contributed by atoms with Gasteiger partial charge in [0.15, 0.2) is 21.9 Å². The number of alkyl halides is 4. The Kier molecular flexibility index (Phi) is 5.39. The Hall–Kier alpha value is -4.13. The first-order valence-corrected chi connectivity index (χ1v) is 12.2. The average Bonchev–Trinajstić information content (AvgIpc) is 3.24. The maximum Gasteiger partial charge on any atom is 0.342 e. The van der Waals surface area contributed by atoms with E-state index in [1.54, 1.807) is 29.0 Å². The van der Waals surface area contributed by atoms with Gasteiger partial charge in [-0.25, -0.2) is 13.4 Å². The molecule has 0 saturated carbocycles. The predicted molar refractivity (Wildman–Crippen MR) is 121 cm³/mol. The number of aromatic nitrogens is 3. The predicted octanol–water partition coefficient (Wildman–Crippen LogP) is 4.69. The van der Waals surface area contributed by atoms with Crippen LogP contribution in [-0.2, 0) is 19.3 Å². The van der Waals surface area contributed by atoms with Gasteiger partial charge >= 0.3 is 11.8 Å². The molecule has 186 valence electrons. The van der Waals surface area contributed by atoms with E-state index in [2.05, 4.69) is 15.3 Å². The molecule has 8 nitrogen and oxygen atoms in total. The monoisotopic (exact) mass is 520 g/mol. The number of rotatable bonds is 5. The minimum atomic E-state index is -4.51. The van der Waals surface area contributed by atoms with Crippen molar-refractivity contribution in [3.63, 3.8) is 0 Å². The number of benzene rings is 1. The van der Waals surface area contributed by atoms with Crippen molar-refractivity contribution in [2.24, 2.45) is 0 Å². The first-order chi connectivity index (χ1) is 17.0. The largest absolute Gasteiger partial charge is 0.463 e. The summed E-state index contributed by atoms with van der Waals surface area (Å²) in [6, 6.07) is 7.92. The second kappa shape index (κ2) is 8.22. The van der Waals surface area contributed by atoms with Crippen LogP contribution in [0.25, 0.3) is 16.7 Å². The smallest absolute Gasteiger partial charge is 0.342 e. The van der Waals surface area contributed by atoms with Gasteiger partial charge in [0.2, 0.25) is 11.8 Å². The molecular formula is C23H16F4N4O4S. The Morgan fingerprint density at radius 2 is 1.81 bits per heavy atom. The van der Waals surface area contributed by atoms with Gasteiger partial charge in [-0.15, -0.1) is 0 Å². The van der Waals surface area contributed by atoms with Gasteiger partial charge in [0.05, 0.1) is 10.5 Å².